The minimum atomic E-state index is -1.03. The molecule has 0 spiro atoms. The Kier molecular flexibility index (Phi) is 5.30. The highest BCUT2D eigenvalue weighted by Crippen LogP contribution is 2.31. The van der Waals surface area contributed by atoms with Gasteiger partial charge in [-0.25, -0.2) is 0 Å². The first-order valence-electron chi connectivity index (χ1n) is 6.74. The van der Waals surface area contributed by atoms with Gasteiger partial charge < -0.3 is 10.4 Å². The number of aryl methyl sites for hydroxylation is 1. The molecule has 6 heteroatoms. The molecule has 0 bridgehead atoms. The van der Waals surface area contributed by atoms with Crippen LogP contribution in [0, 0.1) is 11.3 Å². The van der Waals surface area contributed by atoms with E-state index in [1.54, 1.807) is 11.6 Å². The number of nitrogens with one attached hydrogen (secondary N) is 1. The first kappa shape index (κ1) is 16.2. The number of amides is 1. The summed E-state index contributed by atoms with van der Waals surface area (Å²) in [4.78, 5) is 23.2. The fourth-order valence-corrected chi connectivity index (χ4v) is 1.85. The summed E-state index contributed by atoms with van der Waals surface area (Å²) in [6, 6.07) is 1.89. The van der Waals surface area contributed by atoms with Crippen LogP contribution in [0.25, 0.3) is 0 Å². The lowest BCUT2D eigenvalue weighted by Crippen LogP contribution is -2.39. The van der Waals surface area contributed by atoms with E-state index in [-0.39, 0.29) is 18.2 Å². The van der Waals surface area contributed by atoms with Gasteiger partial charge in [-0.1, -0.05) is 13.8 Å². The summed E-state index contributed by atoms with van der Waals surface area (Å²) in [5.41, 5.74) is -0.132. The van der Waals surface area contributed by atoms with Crippen LogP contribution in [0.1, 0.15) is 32.9 Å². The molecular weight excluding hydrogens is 258 g/mol. The first-order chi connectivity index (χ1) is 9.25. The number of rotatable bonds is 7. The number of hydrogen-bond donors (Lipinski definition) is 2. The summed E-state index contributed by atoms with van der Waals surface area (Å²) in [5, 5.41) is 16.2. The molecule has 1 atom stereocenters. The van der Waals surface area contributed by atoms with E-state index in [2.05, 4.69) is 10.4 Å². The zero-order valence-corrected chi connectivity index (χ0v) is 12.5. The number of aliphatic carboxylic acids is 1. The molecule has 0 aliphatic rings. The molecule has 1 amide bonds. The van der Waals surface area contributed by atoms with Crippen molar-refractivity contribution in [1.29, 1.82) is 0 Å². The van der Waals surface area contributed by atoms with Crippen LogP contribution in [0.15, 0.2) is 12.3 Å². The third-order valence-electron chi connectivity index (χ3n) is 3.76. The minimum absolute atomic E-state index is 0.0117. The third kappa shape index (κ3) is 4.08. The molecule has 1 rings (SSSR count). The van der Waals surface area contributed by atoms with Crippen molar-refractivity contribution in [1.82, 2.24) is 15.1 Å². The van der Waals surface area contributed by atoms with Gasteiger partial charge in [0.1, 0.15) is 0 Å². The highest BCUT2D eigenvalue weighted by molar-refractivity contribution is 5.84. The van der Waals surface area contributed by atoms with Crippen molar-refractivity contribution in [2.45, 2.75) is 33.6 Å². The maximum Gasteiger partial charge on any atom is 0.310 e. The summed E-state index contributed by atoms with van der Waals surface area (Å²) in [5.74, 6) is -1.28. The smallest absolute Gasteiger partial charge is 0.310 e. The van der Waals surface area contributed by atoms with Gasteiger partial charge in [-0.3, -0.25) is 14.3 Å². The number of hydrogen-bond acceptors (Lipinski definition) is 3. The number of carboxylic acids is 1. The quantitative estimate of drug-likeness (QED) is 0.787. The van der Waals surface area contributed by atoms with Crippen LogP contribution in [-0.2, 0) is 23.1 Å². The van der Waals surface area contributed by atoms with Crippen molar-refractivity contribution >= 4 is 11.9 Å². The van der Waals surface area contributed by atoms with Crippen LogP contribution in [-0.4, -0.2) is 33.3 Å². The van der Waals surface area contributed by atoms with Crippen LogP contribution in [0.2, 0.25) is 0 Å². The van der Waals surface area contributed by atoms with Crippen LogP contribution >= 0.6 is 0 Å². The fraction of sp³-hybridized carbons (Fsp3) is 0.643. The van der Waals surface area contributed by atoms with E-state index in [0.29, 0.717) is 13.0 Å². The molecule has 1 aromatic rings. The molecule has 0 radical (unpaired) electrons. The van der Waals surface area contributed by atoms with Crippen molar-refractivity contribution < 1.29 is 14.7 Å². The number of carbonyl (C=O) groups excluding carboxylic acids is 1. The molecule has 0 aliphatic heterocycles. The predicted molar refractivity (Wildman–Crippen MR) is 75.1 cm³/mol. The Hall–Kier alpha value is -1.85. The van der Waals surface area contributed by atoms with Crippen molar-refractivity contribution in [2.75, 3.05) is 6.54 Å². The average molecular weight is 281 g/mol. The lowest BCUT2D eigenvalue weighted by Gasteiger charge is -2.28. The molecule has 0 aliphatic carbocycles. The lowest BCUT2D eigenvalue weighted by atomic mass is 9.76. The highest BCUT2D eigenvalue weighted by Gasteiger charge is 2.38. The van der Waals surface area contributed by atoms with Gasteiger partial charge in [-0.05, 0) is 18.9 Å². The maximum absolute atomic E-state index is 11.9. The van der Waals surface area contributed by atoms with Gasteiger partial charge in [-0.15, -0.1) is 0 Å². The maximum atomic E-state index is 11.9. The summed E-state index contributed by atoms with van der Waals surface area (Å²) in [6.07, 6.45) is 2.47. The SMILES string of the molecule is CC(C)C(C)(CC(=O)NCCc1ccn(C)n1)C(=O)O. The fourth-order valence-electron chi connectivity index (χ4n) is 1.85. The van der Waals surface area contributed by atoms with E-state index in [4.69, 9.17) is 0 Å². The molecular formula is C14H23N3O3. The van der Waals surface area contributed by atoms with E-state index < -0.39 is 11.4 Å². The van der Waals surface area contributed by atoms with Gasteiger partial charge in [0.25, 0.3) is 0 Å². The molecule has 0 saturated heterocycles. The second kappa shape index (κ2) is 6.54. The number of aromatic nitrogens is 2. The topological polar surface area (TPSA) is 84.2 Å². The Labute approximate surface area is 119 Å². The molecule has 112 valence electrons. The molecule has 6 nitrogen and oxygen atoms in total. The molecule has 2 N–H and O–H groups in total. The molecule has 20 heavy (non-hydrogen) atoms. The molecule has 1 heterocycles. The van der Waals surface area contributed by atoms with Gasteiger partial charge >= 0.3 is 5.97 Å². The van der Waals surface area contributed by atoms with Crippen LogP contribution in [0.5, 0.6) is 0 Å². The summed E-state index contributed by atoms with van der Waals surface area (Å²) in [7, 11) is 1.84. The number of carbonyl (C=O) groups is 2. The minimum Gasteiger partial charge on any atom is -0.481 e. The first-order valence-corrected chi connectivity index (χ1v) is 6.74. The Morgan fingerprint density at radius 3 is 2.60 bits per heavy atom. The Bertz CT molecular complexity index is 482. The normalized spacial score (nSPS) is 14.1. The second-order valence-corrected chi connectivity index (χ2v) is 5.63. The summed E-state index contributed by atoms with van der Waals surface area (Å²) in [6.45, 7) is 5.70. The van der Waals surface area contributed by atoms with Gasteiger partial charge in [0.05, 0.1) is 11.1 Å². The van der Waals surface area contributed by atoms with Gasteiger partial charge in [0, 0.05) is 32.6 Å². The van der Waals surface area contributed by atoms with Crippen molar-refractivity contribution in [3.63, 3.8) is 0 Å². The van der Waals surface area contributed by atoms with Crippen LogP contribution in [0.4, 0.5) is 0 Å². The number of carboxylic acid groups (broad SMARTS) is 1. The van der Waals surface area contributed by atoms with E-state index in [0.717, 1.165) is 5.69 Å². The van der Waals surface area contributed by atoms with E-state index in [1.165, 1.54) is 0 Å². The van der Waals surface area contributed by atoms with Crippen LogP contribution < -0.4 is 5.32 Å². The Balaban J connectivity index is 2.45. The summed E-state index contributed by atoms with van der Waals surface area (Å²) >= 11 is 0. The van der Waals surface area contributed by atoms with Crippen molar-refractivity contribution in [3.05, 3.63) is 18.0 Å². The monoisotopic (exact) mass is 281 g/mol. The molecule has 1 unspecified atom stereocenters. The standard InChI is InChI=1S/C14H23N3O3/c1-10(2)14(3,13(19)20)9-12(18)15-7-5-11-6-8-17(4)16-11/h6,8,10H,5,7,9H2,1-4H3,(H,15,18)(H,19,20). The van der Waals surface area contributed by atoms with Crippen molar-refractivity contribution in [2.24, 2.45) is 18.4 Å². The van der Waals surface area contributed by atoms with E-state index in [9.17, 15) is 14.7 Å². The molecule has 0 saturated carbocycles. The zero-order chi connectivity index (χ0) is 15.3. The highest BCUT2D eigenvalue weighted by atomic mass is 16.4. The Morgan fingerprint density at radius 1 is 1.50 bits per heavy atom. The largest absolute Gasteiger partial charge is 0.481 e. The van der Waals surface area contributed by atoms with Crippen LogP contribution in [0.3, 0.4) is 0 Å². The van der Waals surface area contributed by atoms with E-state index in [1.807, 2.05) is 33.2 Å². The van der Waals surface area contributed by atoms with Crippen molar-refractivity contribution in [3.8, 4) is 0 Å². The van der Waals surface area contributed by atoms with Gasteiger partial charge in [0.2, 0.25) is 5.91 Å². The van der Waals surface area contributed by atoms with Gasteiger partial charge in [0.15, 0.2) is 0 Å². The molecule has 0 aromatic carbocycles. The summed E-state index contributed by atoms with van der Waals surface area (Å²) < 4.78 is 1.71. The predicted octanol–water partition coefficient (Wildman–Crippen LogP) is 1.22. The average Bonchev–Trinajstić information content (AvgIpc) is 2.74. The van der Waals surface area contributed by atoms with Gasteiger partial charge in [-0.2, -0.15) is 5.10 Å². The molecule has 1 aromatic heterocycles. The van der Waals surface area contributed by atoms with E-state index >= 15 is 0 Å². The Morgan fingerprint density at radius 2 is 2.15 bits per heavy atom. The second-order valence-electron chi connectivity index (χ2n) is 5.63. The zero-order valence-electron chi connectivity index (χ0n) is 12.5. The lowest BCUT2D eigenvalue weighted by molar-refractivity contribution is -0.153. The third-order valence-corrected chi connectivity index (χ3v) is 3.76. The number of nitrogens with zero attached hydrogens (tertiary/aromatic N) is 2. The molecule has 0 fully saturated rings.